The summed E-state index contributed by atoms with van der Waals surface area (Å²) >= 11 is 0. The molecule has 3 saturated carbocycles. The van der Waals surface area contributed by atoms with Gasteiger partial charge >= 0.3 is 0 Å². The molecule has 4 rings (SSSR count). The maximum atomic E-state index is 13.2. The lowest BCUT2D eigenvalue weighted by atomic mass is 10.1. The predicted molar refractivity (Wildman–Crippen MR) is 74.6 cm³/mol. The fourth-order valence-corrected chi connectivity index (χ4v) is 3.39. The Hall–Kier alpha value is -1.38. The minimum atomic E-state index is -0.206. The summed E-state index contributed by atoms with van der Waals surface area (Å²) in [5, 5.41) is 3.28. The first-order chi connectivity index (χ1) is 9.72. The number of nitrogens with one attached hydrogen (secondary N) is 1. The number of halogens is 1. The topological polar surface area (TPSA) is 29.1 Å². The van der Waals surface area contributed by atoms with E-state index in [0.29, 0.717) is 6.04 Å². The van der Waals surface area contributed by atoms with E-state index < -0.39 is 0 Å². The highest BCUT2D eigenvalue weighted by atomic mass is 19.1. The molecule has 0 unspecified atom stereocenters. The first-order valence-corrected chi connectivity index (χ1v) is 7.78. The van der Waals surface area contributed by atoms with Crippen LogP contribution in [0.5, 0.6) is 0 Å². The third kappa shape index (κ3) is 2.46. The van der Waals surface area contributed by atoms with E-state index in [1.54, 1.807) is 12.1 Å². The maximum absolute atomic E-state index is 13.2. The zero-order valence-corrected chi connectivity index (χ0v) is 11.5. The summed E-state index contributed by atoms with van der Waals surface area (Å²) < 4.78 is 13.2. The van der Waals surface area contributed by atoms with E-state index in [1.807, 2.05) is 6.07 Å². The van der Waals surface area contributed by atoms with E-state index in [2.05, 4.69) is 5.32 Å². The average molecular weight is 273 g/mol. The van der Waals surface area contributed by atoms with Crippen LogP contribution in [0.1, 0.15) is 43.6 Å². The Labute approximate surface area is 118 Å². The molecule has 0 spiro atoms. The van der Waals surface area contributed by atoms with Gasteiger partial charge in [0.2, 0.25) is 5.91 Å². The molecular formula is C17H20FNO. The van der Waals surface area contributed by atoms with E-state index in [-0.39, 0.29) is 23.6 Å². The van der Waals surface area contributed by atoms with Crippen LogP contribution in [0.4, 0.5) is 4.39 Å². The molecule has 0 saturated heterocycles. The summed E-state index contributed by atoms with van der Waals surface area (Å²) in [6, 6.07) is 7.11. The first-order valence-electron chi connectivity index (χ1n) is 7.78. The van der Waals surface area contributed by atoms with Crippen molar-refractivity contribution in [3.8, 4) is 0 Å². The standard InChI is InChI=1S/C17H20FNO/c18-13-3-1-2-12(8-13)14-9-15(14)17(20)19-16(10-4-5-10)11-6-7-11/h1-3,8,10-11,14-16H,4-7,9H2,(H,19,20)/t14-,15-/m0/s1. The number of carbonyl (C=O) groups excluding carboxylic acids is 1. The molecule has 1 aromatic rings. The van der Waals surface area contributed by atoms with Crippen molar-refractivity contribution in [3.05, 3.63) is 35.6 Å². The Bertz CT molecular complexity index is 524. The molecule has 3 heteroatoms. The SMILES string of the molecule is O=C(NC(C1CC1)C1CC1)[C@H]1C[C@H]1c1cccc(F)c1. The highest BCUT2D eigenvalue weighted by Crippen LogP contribution is 2.49. The van der Waals surface area contributed by atoms with Crippen molar-refractivity contribution >= 4 is 5.91 Å². The Morgan fingerprint density at radius 2 is 1.90 bits per heavy atom. The van der Waals surface area contributed by atoms with Crippen LogP contribution < -0.4 is 5.32 Å². The normalized spacial score (nSPS) is 28.5. The van der Waals surface area contributed by atoms with Crippen LogP contribution in [-0.2, 0) is 4.79 Å². The molecule has 1 N–H and O–H groups in total. The quantitative estimate of drug-likeness (QED) is 0.876. The molecule has 3 aliphatic rings. The number of rotatable bonds is 5. The van der Waals surface area contributed by atoms with Crippen LogP contribution in [0.15, 0.2) is 24.3 Å². The summed E-state index contributed by atoms with van der Waals surface area (Å²) in [4.78, 5) is 12.3. The monoisotopic (exact) mass is 273 g/mol. The average Bonchev–Trinajstić information content (AvgIpc) is 3.26. The minimum Gasteiger partial charge on any atom is -0.353 e. The summed E-state index contributed by atoms with van der Waals surface area (Å²) in [5.41, 5.74) is 0.972. The fourth-order valence-electron chi connectivity index (χ4n) is 3.39. The summed E-state index contributed by atoms with van der Waals surface area (Å²) in [7, 11) is 0. The van der Waals surface area contributed by atoms with Gasteiger partial charge in [-0.1, -0.05) is 12.1 Å². The Morgan fingerprint density at radius 1 is 1.20 bits per heavy atom. The number of hydrogen-bond donors (Lipinski definition) is 1. The Morgan fingerprint density at radius 3 is 2.50 bits per heavy atom. The van der Waals surface area contributed by atoms with Gasteiger partial charge in [0.1, 0.15) is 5.82 Å². The summed E-state index contributed by atoms with van der Waals surface area (Å²) in [6.07, 6.45) is 5.98. The number of amides is 1. The molecule has 20 heavy (non-hydrogen) atoms. The van der Waals surface area contributed by atoms with Crippen molar-refractivity contribution in [1.29, 1.82) is 0 Å². The zero-order valence-electron chi connectivity index (χ0n) is 11.5. The maximum Gasteiger partial charge on any atom is 0.223 e. The molecule has 1 aromatic carbocycles. The van der Waals surface area contributed by atoms with Crippen LogP contribution in [0.2, 0.25) is 0 Å². The molecular weight excluding hydrogens is 253 g/mol. The molecule has 106 valence electrons. The summed E-state index contributed by atoms with van der Waals surface area (Å²) in [5.74, 6) is 1.75. The van der Waals surface area contributed by atoms with Crippen LogP contribution >= 0.6 is 0 Å². The molecule has 0 bridgehead atoms. The van der Waals surface area contributed by atoms with Gasteiger partial charge in [-0.05, 0) is 67.6 Å². The number of benzene rings is 1. The fraction of sp³-hybridized carbons (Fsp3) is 0.588. The van der Waals surface area contributed by atoms with Crippen molar-refractivity contribution in [3.63, 3.8) is 0 Å². The van der Waals surface area contributed by atoms with Gasteiger partial charge in [-0.2, -0.15) is 0 Å². The van der Waals surface area contributed by atoms with E-state index in [4.69, 9.17) is 0 Å². The molecule has 0 aromatic heterocycles. The Kier molecular flexibility index (Phi) is 2.83. The second-order valence-corrected chi connectivity index (χ2v) is 6.71. The van der Waals surface area contributed by atoms with Gasteiger partial charge in [-0.3, -0.25) is 4.79 Å². The van der Waals surface area contributed by atoms with E-state index in [9.17, 15) is 9.18 Å². The minimum absolute atomic E-state index is 0.0665. The first kappa shape index (κ1) is 12.4. The second-order valence-electron chi connectivity index (χ2n) is 6.71. The highest BCUT2D eigenvalue weighted by Gasteiger charge is 2.48. The van der Waals surface area contributed by atoms with Gasteiger partial charge in [-0.25, -0.2) is 4.39 Å². The predicted octanol–water partition coefficient (Wildman–Crippen LogP) is 3.23. The smallest absolute Gasteiger partial charge is 0.223 e. The van der Waals surface area contributed by atoms with Gasteiger partial charge in [0.25, 0.3) is 0 Å². The third-order valence-electron chi connectivity index (χ3n) is 4.97. The van der Waals surface area contributed by atoms with Crippen LogP contribution in [0.25, 0.3) is 0 Å². The molecule has 0 radical (unpaired) electrons. The van der Waals surface area contributed by atoms with Gasteiger partial charge < -0.3 is 5.32 Å². The lowest BCUT2D eigenvalue weighted by Crippen LogP contribution is -2.39. The number of hydrogen-bond acceptors (Lipinski definition) is 1. The summed E-state index contributed by atoms with van der Waals surface area (Å²) in [6.45, 7) is 0. The third-order valence-corrected chi connectivity index (χ3v) is 4.97. The van der Waals surface area contributed by atoms with E-state index in [1.165, 1.54) is 31.7 Å². The van der Waals surface area contributed by atoms with E-state index in [0.717, 1.165) is 23.8 Å². The molecule has 0 aliphatic heterocycles. The van der Waals surface area contributed by atoms with Crippen molar-refractivity contribution in [2.24, 2.45) is 17.8 Å². The number of carbonyl (C=O) groups is 1. The highest BCUT2D eigenvalue weighted by molar-refractivity contribution is 5.83. The zero-order chi connectivity index (χ0) is 13.7. The van der Waals surface area contributed by atoms with Gasteiger partial charge in [0.15, 0.2) is 0 Å². The largest absolute Gasteiger partial charge is 0.353 e. The lowest BCUT2D eigenvalue weighted by molar-refractivity contribution is -0.123. The molecule has 2 nitrogen and oxygen atoms in total. The van der Waals surface area contributed by atoms with Gasteiger partial charge in [-0.15, -0.1) is 0 Å². The lowest BCUT2D eigenvalue weighted by Gasteiger charge is -2.17. The van der Waals surface area contributed by atoms with Crippen molar-refractivity contribution in [2.45, 2.75) is 44.1 Å². The molecule has 0 heterocycles. The van der Waals surface area contributed by atoms with Gasteiger partial charge in [0, 0.05) is 12.0 Å². The molecule has 2 atom stereocenters. The second kappa shape index (κ2) is 4.57. The van der Waals surface area contributed by atoms with Crippen LogP contribution in [0.3, 0.4) is 0 Å². The molecule has 3 aliphatic carbocycles. The molecule has 1 amide bonds. The van der Waals surface area contributed by atoms with Crippen molar-refractivity contribution in [2.75, 3.05) is 0 Å². The molecule has 3 fully saturated rings. The van der Waals surface area contributed by atoms with Crippen molar-refractivity contribution < 1.29 is 9.18 Å². The van der Waals surface area contributed by atoms with E-state index >= 15 is 0 Å². The van der Waals surface area contributed by atoms with Crippen LogP contribution in [-0.4, -0.2) is 11.9 Å². The van der Waals surface area contributed by atoms with Gasteiger partial charge in [0.05, 0.1) is 0 Å². The Balaban J connectivity index is 1.38. The van der Waals surface area contributed by atoms with Crippen LogP contribution in [0, 0.1) is 23.6 Å². The van der Waals surface area contributed by atoms with Crippen molar-refractivity contribution in [1.82, 2.24) is 5.32 Å².